The lowest BCUT2D eigenvalue weighted by atomic mass is 9.87. The Bertz CT molecular complexity index is 565. The van der Waals surface area contributed by atoms with E-state index in [1.807, 2.05) is 6.92 Å². The Balaban J connectivity index is 2.22. The zero-order valence-electron chi connectivity index (χ0n) is 13.2. The molecule has 1 aromatic rings. The van der Waals surface area contributed by atoms with Crippen molar-refractivity contribution in [2.45, 2.75) is 13.3 Å². The van der Waals surface area contributed by atoms with Crippen LogP contribution in [0, 0.1) is 12.3 Å². The van der Waals surface area contributed by atoms with E-state index in [0.29, 0.717) is 24.4 Å². The molecule has 1 amide bonds. The van der Waals surface area contributed by atoms with Crippen LogP contribution in [0.1, 0.15) is 22.3 Å². The summed E-state index contributed by atoms with van der Waals surface area (Å²) in [6.07, 6.45) is 0.725. The molecule has 0 aromatic heterocycles. The van der Waals surface area contributed by atoms with Crippen molar-refractivity contribution in [1.29, 1.82) is 0 Å². The molecule has 0 bridgehead atoms. The number of carbonyl (C=O) groups is 2. The summed E-state index contributed by atoms with van der Waals surface area (Å²) in [5.74, 6) is -0.519. The zero-order chi connectivity index (χ0) is 16.2. The number of ether oxygens (including phenoxy) is 2. The minimum atomic E-state index is -0.567. The number of methoxy groups -OCH3 is 2. The summed E-state index contributed by atoms with van der Waals surface area (Å²) >= 11 is 0. The SMILES string of the molecule is COCC1(C(=O)Nc2cc(C(=O)OC)ccc2C)CCNC1. The van der Waals surface area contributed by atoms with Crippen LogP contribution < -0.4 is 10.6 Å². The molecule has 2 N–H and O–H groups in total. The third-order valence-electron chi connectivity index (χ3n) is 4.05. The minimum absolute atomic E-state index is 0.0931. The van der Waals surface area contributed by atoms with Gasteiger partial charge in [-0.3, -0.25) is 4.79 Å². The maximum Gasteiger partial charge on any atom is 0.337 e. The second kappa shape index (κ2) is 6.89. The van der Waals surface area contributed by atoms with E-state index in [0.717, 1.165) is 18.5 Å². The molecule has 6 nitrogen and oxygen atoms in total. The maximum atomic E-state index is 12.7. The molecule has 1 fully saturated rings. The predicted molar refractivity (Wildman–Crippen MR) is 82.9 cm³/mol. The van der Waals surface area contributed by atoms with Crippen molar-refractivity contribution in [2.24, 2.45) is 5.41 Å². The Labute approximate surface area is 130 Å². The first-order valence-electron chi connectivity index (χ1n) is 7.22. The summed E-state index contributed by atoms with van der Waals surface area (Å²) in [5, 5.41) is 6.13. The van der Waals surface area contributed by atoms with E-state index in [2.05, 4.69) is 10.6 Å². The Morgan fingerprint density at radius 3 is 2.73 bits per heavy atom. The van der Waals surface area contributed by atoms with Crippen LogP contribution in [-0.4, -0.2) is 45.8 Å². The Morgan fingerprint density at radius 1 is 1.36 bits per heavy atom. The molecule has 1 heterocycles. The molecule has 0 spiro atoms. The van der Waals surface area contributed by atoms with E-state index in [1.165, 1.54) is 7.11 Å². The molecule has 1 saturated heterocycles. The van der Waals surface area contributed by atoms with Gasteiger partial charge in [0, 0.05) is 19.3 Å². The fourth-order valence-electron chi connectivity index (χ4n) is 2.66. The third-order valence-corrected chi connectivity index (χ3v) is 4.05. The maximum absolute atomic E-state index is 12.7. The number of carbonyl (C=O) groups excluding carboxylic acids is 2. The summed E-state index contributed by atoms with van der Waals surface area (Å²) < 4.78 is 9.94. The lowest BCUT2D eigenvalue weighted by molar-refractivity contribution is -0.127. The summed E-state index contributed by atoms with van der Waals surface area (Å²) in [5.41, 5.74) is 1.35. The van der Waals surface area contributed by atoms with E-state index in [9.17, 15) is 9.59 Å². The van der Waals surface area contributed by atoms with E-state index >= 15 is 0 Å². The Hall–Kier alpha value is -1.92. The van der Waals surface area contributed by atoms with Crippen molar-refractivity contribution < 1.29 is 19.1 Å². The highest BCUT2D eigenvalue weighted by Crippen LogP contribution is 2.29. The second-order valence-corrected chi connectivity index (χ2v) is 5.62. The van der Waals surface area contributed by atoms with Gasteiger partial charge in [0.25, 0.3) is 0 Å². The molecule has 1 unspecified atom stereocenters. The fraction of sp³-hybridized carbons (Fsp3) is 0.500. The first-order chi connectivity index (χ1) is 10.5. The number of esters is 1. The van der Waals surface area contributed by atoms with Crippen LogP contribution in [-0.2, 0) is 14.3 Å². The molecule has 1 atom stereocenters. The number of hydrogen-bond acceptors (Lipinski definition) is 5. The van der Waals surface area contributed by atoms with Crippen molar-refractivity contribution in [3.8, 4) is 0 Å². The molecule has 1 aromatic carbocycles. The van der Waals surface area contributed by atoms with Gasteiger partial charge in [0.15, 0.2) is 0 Å². The average molecular weight is 306 g/mol. The van der Waals surface area contributed by atoms with Gasteiger partial charge in [-0.2, -0.15) is 0 Å². The van der Waals surface area contributed by atoms with Crippen LogP contribution in [0.5, 0.6) is 0 Å². The van der Waals surface area contributed by atoms with Crippen molar-refractivity contribution >= 4 is 17.6 Å². The van der Waals surface area contributed by atoms with Crippen molar-refractivity contribution in [1.82, 2.24) is 5.32 Å². The summed E-state index contributed by atoms with van der Waals surface area (Å²) in [6, 6.07) is 5.11. The predicted octanol–water partition coefficient (Wildman–Crippen LogP) is 1.35. The number of aryl methyl sites for hydroxylation is 1. The van der Waals surface area contributed by atoms with Gasteiger partial charge in [-0.05, 0) is 37.6 Å². The molecule has 0 saturated carbocycles. The third kappa shape index (κ3) is 3.28. The van der Waals surface area contributed by atoms with Crippen molar-refractivity contribution in [2.75, 3.05) is 39.2 Å². The number of benzene rings is 1. The van der Waals surface area contributed by atoms with Gasteiger partial charge < -0.3 is 20.1 Å². The van der Waals surface area contributed by atoms with Crippen LogP contribution in [0.2, 0.25) is 0 Å². The highest BCUT2D eigenvalue weighted by molar-refractivity contribution is 5.98. The lowest BCUT2D eigenvalue weighted by Crippen LogP contribution is -2.42. The molecule has 6 heteroatoms. The van der Waals surface area contributed by atoms with Gasteiger partial charge >= 0.3 is 5.97 Å². The molecule has 120 valence electrons. The van der Waals surface area contributed by atoms with Crippen LogP contribution in [0.25, 0.3) is 0 Å². The second-order valence-electron chi connectivity index (χ2n) is 5.62. The van der Waals surface area contributed by atoms with E-state index in [-0.39, 0.29) is 5.91 Å². The highest BCUT2D eigenvalue weighted by atomic mass is 16.5. The first kappa shape index (κ1) is 16.5. The van der Waals surface area contributed by atoms with Crippen LogP contribution in [0.4, 0.5) is 5.69 Å². The normalized spacial score (nSPS) is 20.7. The average Bonchev–Trinajstić information content (AvgIpc) is 2.99. The molecule has 1 aliphatic heterocycles. The van der Waals surface area contributed by atoms with Gasteiger partial charge in [0.2, 0.25) is 5.91 Å². The highest BCUT2D eigenvalue weighted by Gasteiger charge is 2.41. The summed E-state index contributed by atoms with van der Waals surface area (Å²) in [7, 11) is 2.93. The van der Waals surface area contributed by atoms with Crippen LogP contribution >= 0.6 is 0 Å². The zero-order valence-corrected chi connectivity index (χ0v) is 13.2. The quantitative estimate of drug-likeness (QED) is 0.803. The summed E-state index contributed by atoms with van der Waals surface area (Å²) in [4.78, 5) is 24.3. The van der Waals surface area contributed by atoms with E-state index in [1.54, 1.807) is 25.3 Å². The molecular weight excluding hydrogens is 284 g/mol. The fourth-order valence-corrected chi connectivity index (χ4v) is 2.66. The van der Waals surface area contributed by atoms with E-state index in [4.69, 9.17) is 9.47 Å². The standard InChI is InChI=1S/C16H22N2O4/c1-11-4-5-12(14(19)22-3)8-13(11)18-15(20)16(10-21-2)6-7-17-9-16/h4-5,8,17H,6-7,9-10H2,1-3H3,(H,18,20). The lowest BCUT2D eigenvalue weighted by Gasteiger charge is -2.26. The number of amides is 1. The summed E-state index contributed by atoms with van der Waals surface area (Å²) in [6.45, 7) is 3.62. The smallest absolute Gasteiger partial charge is 0.337 e. The van der Waals surface area contributed by atoms with Crippen LogP contribution in [0.15, 0.2) is 18.2 Å². The van der Waals surface area contributed by atoms with E-state index < -0.39 is 11.4 Å². The number of anilines is 1. The number of hydrogen-bond donors (Lipinski definition) is 2. The van der Waals surface area contributed by atoms with Crippen LogP contribution in [0.3, 0.4) is 0 Å². The molecule has 22 heavy (non-hydrogen) atoms. The molecule has 0 aliphatic carbocycles. The molecule has 0 radical (unpaired) electrons. The van der Waals surface area contributed by atoms with Gasteiger partial charge in [-0.15, -0.1) is 0 Å². The Kier molecular flexibility index (Phi) is 5.15. The molecule has 1 aliphatic rings. The largest absolute Gasteiger partial charge is 0.465 e. The minimum Gasteiger partial charge on any atom is -0.465 e. The molecular formula is C16H22N2O4. The number of rotatable bonds is 5. The molecule has 2 rings (SSSR count). The van der Waals surface area contributed by atoms with Gasteiger partial charge in [-0.1, -0.05) is 6.07 Å². The topological polar surface area (TPSA) is 76.7 Å². The van der Waals surface area contributed by atoms with Crippen molar-refractivity contribution in [3.63, 3.8) is 0 Å². The Morgan fingerprint density at radius 2 is 2.14 bits per heavy atom. The van der Waals surface area contributed by atoms with Gasteiger partial charge in [0.1, 0.15) is 0 Å². The number of nitrogens with one attached hydrogen (secondary N) is 2. The van der Waals surface area contributed by atoms with Gasteiger partial charge in [0.05, 0.1) is 24.7 Å². The first-order valence-corrected chi connectivity index (χ1v) is 7.22. The van der Waals surface area contributed by atoms with Crippen molar-refractivity contribution in [3.05, 3.63) is 29.3 Å². The van der Waals surface area contributed by atoms with Gasteiger partial charge in [-0.25, -0.2) is 4.79 Å². The monoisotopic (exact) mass is 306 g/mol.